The van der Waals surface area contributed by atoms with Crippen molar-refractivity contribution in [3.05, 3.63) is 11.3 Å². The van der Waals surface area contributed by atoms with Crippen LogP contribution >= 0.6 is 0 Å². The lowest BCUT2D eigenvalue weighted by Crippen LogP contribution is -2.00. The Morgan fingerprint density at radius 3 is 2.45 bits per heavy atom. The van der Waals surface area contributed by atoms with Crippen molar-refractivity contribution < 1.29 is 9.90 Å². The molecule has 5 nitrogen and oxygen atoms in total. The van der Waals surface area contributed by atoms with Crippen LogP contribution in [0.4, 0.5) is 5.82 Å². The third kappa shape index (κ3) is 1.04. The predicted octanol–water partition coefficient (Wildman–Crippen LogP) is 0.00892. The van der Waals surface area contributed by atoms with Gasteiger partial charge < -0.3 is 10.8 Å². The van der Waals surface area contributed by atoms with Crippen LogP contribution in [-0.4, -0.2) is 20.9 Å². The lowest BCUT2D eigenvalue weighted by atomic mass is 10.2. The average Bonchev–Trinajstić information content (AvgIpc) is 2.17. The van der Waals surface area contributed by atoms with Crippen LogP contribution in [0.1, 0.15) is 16.1 Å². The number of carbonyl (C=O) groups is 1. The van der Waals surface area contributed by atoms with Gasteiger partial charge in [0.2, 0.25) is 0 Å². The van der Waals surface area contributed by atoms with Gasteiger partial charge in [0.05, 0.1) is 0 Å². The molecule has 0 aromatic carbocycles. The molecule has 0 atom stereocenters. The molecule has 0 fully saturated rings. The molecule has 0 aliphatic heterocycles. The van der Waals surface area contributed by atoms with Crippen LogP contribution in [-0.2, 0) is 7.05 Å². The quantitative estimate of drug-likeness (QED) is 0.598. The van der Waals surface area contributed by atoms with E-state index in [0.29, 0.717) is 11.4 Å². The highest BCUT2D eigenvalue weighted by molar-refractivity contribution is 5.88. The predicted molar refractivity (Wildman–Crippen MR) is 39.3 cm³/mol. The SMILES string of the molecule is Cc1c(C(=O)O)nn(C)c1N. The smallest absolute Gasteiger partial charge is 0.356 e. The summed E-state index contributed by atoms with van der Waals surface area (Å²) >= 11 is 0. The molecule has 0 aliphatic rings. The zero-order chi connectivity index (χ0) is 8.59. The van der Waals surface area contributed by atoms with Crippen LogP contribution in [0, 0.1) is 6.92 Å². The standard InChI is InChI=1S/C6H9N3O2/c1-3-4(6(10)11)8-9(2)5(3)7/h7H2,1-2H3,(H,10,11). The largest absolute Gasteiger partial charge is 0.476 e. The summed E-state index contributed by atoms with van der Waals surface area (Å²) in [6.07, 6.45) is 0. The molecule has 3 N–H and O–H groups in total. The second kappa shape index (κ2) is 2.26. The van der Waals surface area contributed by atoms with Gasteiger partial charge in [0.25, 0.3) is 0 Å². The van der Waals surface area contributed by atoms with E-state index in [0.717, 1.165) is 0 Å². The Kier molecular flexibility index (Phi) is 1.56. The number of carboxylic acid groups (broad SMARTS) is 1. The molecular formula is C6H9N3O2. The zero-order valence-electron chi connectivity index (χ0n) is 6.33. The van der Waals surface area contributed by atoms with Gasteiger partial charge in [-0.05, 0) is 6.92 Å². The maximum absolute atomic E-state index is 10.5. The normalized spacial score (nSPS) is 10.0. The number of hydrogen-bond donors (Lipinski definition) is 2. The summed E-state index contributed by atoms with van der Waals surface area (Å²) < 4.78 is 1.35. The number of aromatic nitrogens is 2. The van der Waals surface area contributed by atoms with Crippen molar-refractivity contribution in [1.29, 1.82) is 0 Å². The highest BCUT2D eigenvalue weighted by Crippen LogP contribution is 2.13. The zero-order valence-corrected chi connectivity index (χ0v) is 6.33. The number of aryl methyl sites for hydroxylation is 1. The maximum atomic E-state index is 10.5. The van der Waals surface area contributed by atoms with E-state index in [9.17, 15) is 4.79 Å². The summed E-state index contributed by atoms with van der Waals surface area (Å²) in [4.78, 5) is 10.5. The third-order valence-corrected chi connectivity index (χ3v) is 1.54. The van der Waals surface area contributed by atoms with E-state index in [2.05, 4.69) is 5.10 Å². The topological polar surface area (TPSA) is 81.1 Å². The van der Waals surface area contributed by atoms with Crippen molar-refractivity contribution in [3.8, 4) is 0 Å². The van der Waals surface area contributed by atoms with E-state index in [1.54, 1.807) is 14.0 Å². The molecule has 0 aliphatic carbocycles. The maximum Gasteiger partial charge on any atom is 0.356 e. The minimum absolute atomic E-state index is 0.0185. The number of aromatic carboxylic acids is 1. The molecule has 0 bridgehead atoms. The molecular weight excluding hydrogens is 146 g/mol. The highest BCUT2D eigenvalue weighted by Gasteiger charge is 2.14. The monoisotopic (exact) mass is 155 g/mol. The van der Waals surface area contributed by atoms with Crippen LogP contribution in [0.3, 0.4) is 0 Å². The number of anilines is 1. The molecule has 0 saturated heterocycles. The summed E-state index contributed by atoms with van der Waals surface area (Å²) in [6, 6.07) is 0. The first-order valence-corrected chi connectivity index (χ1v) is 3.06. The van der Waals surface area contributed by atoms with Crippen molar-refractivity contribution in [2.75, 3.05) is 5.73 Å². The number of nitrogen functional groups attached to an aromatic ring is 1. The first kappa shape index (κ1) is 7.59. The summed E-state index contributed by atoms with van der Waals surface area (Å²) in [5.74, 6) is -0.655. The molecule has 11 heavy (non-hydrogen) atoms. The van der Waals surface area contributed by atoms with Gasteiger partial charge in [-0.2, -0.15) is 5.10 Å². The van der Waals surface area contributed by atoms with Crippen LogP contribution in [0.5, 0.6) is 0 Å². The van der Waals surface area contributed by atoms with Gasteiger partial charge >= 0.3 is 5.97 Å². The Morgan fingerprint density at radius 1 is 1.73 bits per heavy atom. The Morgan fingerprint density at radius 2 is 2.27 bits per heavy atom. The molecule has 0 unspecified atom stereocenters. The minimum Gasteiger partial charge on any atom is -0.476 e. The molecule has 5 heteroatoms. The van der Waals surface area contributed by atoms with Crippen molar-refractivity contribution in [1.82, 2.24) is 9.78 Å². The number of nitrogens with two attached hydrogens (primary N) is 1. The average molecular weight is 155 g/mol. The molecule has 0 radical (unpaired) electrons. The molecule has 60 valence electrons. The Balaban J connectivity index is 3.29. The molecule has 1 aromatic heterocycles. The molecule has 1 rings (SSSR count). The first-order chi connectivity index (χ1) is 5.04. The molecule has 1 aromatic rings. The van der Waals surface area contributed by atoms with Gasteiger partial charge in [0, 0.05) is 12.6 Å². The fourth-order valence-corrected chi connectivity index (χ4v) is 0.846. The molecule has 1 heterocycles. The second-order valence-corrected chi connectivity index (χ2v) is 2.29. The summed E-state index contributed by atoms with van der Waals surface area (Å²) in [6.45, 7) is 1.63. The van der Waals surface area contributed by atoms with Crippen molar-refractivity contribution >= 4 is 11.8 Å². The first-order valence-electron chi connectivity index (χ1n) is 3.06. The van der Waals surface area contributed by atoms with Crippen LogP contribution in [0.25, 0.3) is 0 Å². The number of nitrogens with zero attached hydrogens (tertiary/aromatic N) is 2. The Labute approximate surface area is 63.4 Å². The molecule has 0 amide bonds. The van der Waals surface area contributed by atoms with Gasteiger partial charge in [-0.1, -0.05) is 0 Å². The molecule has 0 spiro atoms. The number of rotatable bonds is 1. The van der Waals surface area contributed by atoms with Crippen molar-refractivity contribution in [3.63, 3.8) is 0 Å². The van der Waals surface area contributed by atoms with E-state index in [-0.39, 0.29) is 5.69 Å². The van der Waals surface area contributed by atoms with E-state index in [1.807, 2.05) is 0 Å². The fraction of sp³-hybridized carbons (Fsp3) is 0.333. The van der Waals surface area contributed by atoms with E-state index in [1.165, 1.54) is 4.68 Å². The Bertz CT molecular complexity index is 303. The molecule has 0 saturated carbocycles. The van der Waals surface area contributed by atoms with Crippen LogP contribution in [0.2, 0.25) is 0 Å². The van der Waals surface area contributed by atoms with Crippen molar-refractivity contribution in [2.24, 2.45) is 7.05 Å². The highest BCUT2D eigenvalue weighted by atomic mass is 16.4. The number of hydrogen-bond acceptors (Lipinski definition) is 3. The van der Waals surface area contributed by atoms with Gasteiger partial charge in [-0.25, -0.2) is 4.79 Å². The minimum atomic E-state index is -1.05. The summed E-state index contributed by atoms with van der Waals surface area (Å²) in [7, 11) is 1.61. The van der Waals surface area contributed by atoms with E-state index >= 15 is 0 Å². The fourth-order valence-electron chi connectivity index (χ4n) is 0.846. The van der Waals surface area contributed by atoms with Crippen LogP contribution < -0.4 is 5.73 Å². The van der Waals surface area contributed by atoms with Gasteiger partial charge in [-0.15, -0.1) is 0 Å². The lowest BCUT2D eigenvalue weighted by molar-refractivity contribution is 0.0689. The van der Waals surface area contributed by atoms with Gasteiger partial charge in [0.15, 0.2) is 5.69 Å². The van der Waals surface area contributed by atoms with Crippen molar-refractivity contribution in [2.45, 2.75) is 6.92 Å². The third-order valence-electron chi connectivity index (χ3n) is 1.54. The lowest BCUT2D eigenvalue weighted by Gasteiger charge is -1.91. The summed E-state index contributed by atoms with van der Waals surface area (Å²) in [5.41, 5.74) is 6.01. The number of carboxylic acids is 1. The second-order valence-electron chi connectivity index (χ2n) is 2.29. The van der Waals surface area contributed by atoms with E-state index < -0.39 is 5.97 Å². The van der Waals surface area contributed by atoms with Gasteiger partial charge in [0.1, 0.15) is 5.82 Å². The van der Waals surface area contributed by atoms with Crippen LogP contribution in [0.15, 0.2) is 0 Å². The van der Waals surface area contributed by atoms with Gasteiger partial charge in [-0.3, -0.25) is 4.68 Å². The summed E-state index contributed by atoms with van der Waals surface area (Å²) in [5, 5.41) is 12.3. The van der Waals surface area contributed by atoms with E-state index in [4.69, 9.17) is 10.8 Å². The Hall–Kier alpha value is -1.52.